The molecule has 0 spiro atoms. The number of hydrogen-bond donors (Lipinski definition) is 31. The van der Waals surface area contributed by atoms with Crippen molar-refractivity contribution in [3.63, 3.8) is 0 Å². The van der Waals surface area contributed by atoms with E-state index in [0.717, 1.165) is 27.7 Å². The van der Waals surface area contributed by atoms with Crippen LogP contribution in [0.4, 0.5) is 0 Å². The summed E-state index contributed by atoms with van der Waals surface area (Å²) in [4.78, 5) is 63.8. The van der Waals surface area contributed by atoms with Crippen molar-refractivity contribution in [3.8, 4) is 0 Å². The molecule has 4 amide bonds. The number of ether oxygens (including phenoxy) is 20. The van der Waals surface area contributed by atoms with Gasteiger partial charge in [0.05, 0.1) is 96.8 Å². The molecule has 10 aliphatic rings. The number of nitrogens with one attached hydrogen (secondary N) is 4. The minimum Gasteiger partial charge on any atom is -0.410 e. The maximum Gasteiger partial charge on any atom is 0.332 e. The molecule has 746 valence electrons. The van der Waals surface area contributed by atoms with Crippen LogP contribution in [0.15, 0.2) is 0 Å². The normalized spacial score (nSPS) is 48.1. The predicted molar refractivity (Wildman–Crippen MR) is 399 cm³/mol. The Morgan fingerprint density at radius 3 is 1.08 bits per heavy atom. The topological polar surface area (TPSA) is 864 Å². The Balaban J connectivity index is 0.973. The highest BCUT2D eigenvalue weighted by Gasteiger charge is 2.63. The first kappa shape index (κ1) is 107. The highest BCUT2D eigenvalue weighted by Crippen LogP contribution is 2.44. The molecular formula is C73H122N4O52. The van der Waals surface area contributed by atoms with Crippen molar-refractivity contribution in [3.05, 3.63) is 0 Å². The van der Waals surface area contributed by atoms with E-state index in [0.29, 0.717) is 0 Å². The Bertz CT molecular complexity index is 3520. The lowest BCUT2D eigenvalue weighted by Gasteiger charge is -2.51. The molecule has 10 fully saturated rings. The molecule has 0 radical (unpaired) electrons. The number of hydrogen-bond acceptors (Lipinski definition) is 52. The molecule has 10 heterocycles. The third-order valence-corrected chi connectivity index (χ3v) is 24.0. The third-order valence-electron chi connectivity index (χ3n) is 24.0. The van der Waals surface area contributed by atoms with Gasteiger partial charge in [0.15, 0.2) is 50.3 Å². The summed E-state index contributed by atoms with van der Waals surface area (Å²) in [5, 5.41) is 313. The Morgan fingerprint density at radius 1 is 0.349 bits per heavy atom. The molecule has 0 aromatic rings. The lowest BCUT2D eigenvalue weighted by atomic mass is 9.87. The molecule has 10 aliphatic heterocycles. The van der Waals surface area contributed by atoms with Gasteiger partial charge >= 0.3 is 5.97 Å². The first-order chi connectivity index (χ1) is 61.0. The van der Waals surface area contributed by atoms with Gasteiger partial charge in [-0.3, -0.25) is 24.0 Å². The van der Waals surface area contributed by atoms with Crippen molar-refractivity contribution in [1.82, 2.24) is 21.3 Å². The second-order valence-corrected chi connectivity index (χ2v) is 32.9. The zero-order chi connectivity index (χ0) is 95.1. The maximum atomic E-state index is 13.3. The van der Waals surface area contributed by atoms with E-state index in [-0.39, 0.29) is 6.47 Å². The molecule has 20 unspecified atom stereocenters. The van der Waals surface area contributed by atoms with Crippen LogP contribution in [0.3, 0.4) is 0 Å². The van der Waals surface area contributed by atoms with E-state index in [2.05, 4.69) is 21.3 Å². The van der Waals surface area contributed by atoms with Crippen LogP contribution in [0.2, 0.25) is 0 Å². The maximum absolute atomic E-state index is 13.3. The second kappa shape index (κ2) is 46.6. The summed E-state index contributed by atoms with van der Waals surface area (Å²) in [6.07, 6.45) is -94.8. The lowest BCUT2D eigenvalue weighted by Crippen LogP contribution is -2.71. The van der Waals surface area contributed by atoms with Gasteiger partial charge in [0.2, 0.25) is 23.6 Å². The summed E-state index contributed by atoms with van der Waals surface area (Å²) >= 11 is 0. The minimum absolute atomic E-state index is 0.259. The molecule has 10 rings (SSSR count). The zero-order valence-electron chi connectivity index (χ0n) is 70.0. The smallest absolute Gasteiger partial charge is 0.332 e. The molecule has 56 nitrogen and oxygen atoms in total. The van der Waals surface area contributed by atoms with Crippen LogP contribution in [0.25, 0.3) is 0 Å². The van der Waals surface area contributed by atoms with Crippen LogP contribution in [0.1, 0.15) is 48.0 Å². The Hall–Kier alpha value is -4.49. The van der Waals surface area contributed by atoms with Crippen molar-refractivity contribution in [2.75, 3.05) is 66.1 Å². The number of carbonyl (C=O) groups is 5. The number of aliphatic hydroxyl groups excluding tert-OH is 27. The average molecular weight is 1890 g/mol. The summed E-state index contributed by atoms with van der Waals surface area (Å²) < 4.78 is 119. The van der Waals surface area contributed by atoms with Crippen molar-refractivity contribution in [1.29, 1.82) is 0 Å². The Labute approximate surface area is 732 Å². The molecule has 0 saturated carbocycles. The highest BCUT2D eigenvalue weighted by molar-refractivity contribution is 5.74. The molecule has 0 aromatic heterocycles. The number of carbonyl (C=O) groups excluding carboxylic acids is 5. The van der Waals surface area contributed by atoms with E-state index >= 15 is 0 Å². The summed E-state index contributed by atoms with van der Waals surface area (Å²) in [7, 11) is 0. The van der Waals surface area contributed by atoms with Crippen LogP contribution in [-0.4, -0.2) is 540 Å². The molecule has 56 heteroatoms. The molecular weight excluding hydrogens is 1760 g/mol. The van der Waals surface area contributed by atoms with Crippen LogP contribution in [-0.2, 0) is 119 Å². The fraction of sp³-hybridized carbons (Fsp3) is 0.932. The average Bonchev–Trinajstić information content (AvgIpc) is 0.760. The van der Waals surface area contributed by atoms with Crippen LogP contribution >= 0.6 is 0 Å². The van der Waals surface area contributed by atoms with Crippen molar-refractivity contribution in [2.45, 2.75) is 354 Å². The van der Waals surface area contributed by atoms with Gasteiger partial charge < -0.3 is 254 Å². The van der Waals surface area contributed by atoms with Gasteiger partial charge in [-0.25, -0.2) is 0 Å². The number of aliphatic hydroxyl groups is 27. The SMILES string of the molecule is CC(=O)NC1C(O)[C@H](O[C@@H]2OC(CO)[C@H](O)[C@H](O)C2O)[C@H](CO)O[C@H]1OC1[C@@H](OCC2O[C@@H](O[C@@H]3C(CO)O[C@@H](O[C@@H]4C(CO)O[C@@H](C)C(NC(C)=O)[C@H]4O)C(NC(C)=O)[C@H]3O)C(O)[C@@H](O[C@H]3OC(CO)[C@@H](O)C(O)C3O[C@@H]3OC(CO)[C@@H](O[C@@H]4OC(CO)[C@H](O)[C@H](O[C@]5(OC=O)C[C@@H](O)[C@@H](C)C([C@H](O)[C@H](O)CO)O5)C4O)[C@H](O)C3NC(C)=O)[C@@H]2O)OC(CO)[C@@H](O)[C@@H]1O. The van der Waals surface area contributed by atoms with Gasteiger partial charge in [-0.1, -0.05) is 6.92 Å². The first-order valence-corrected chi connectivity index (χ1v) is 41.4. The summed E-state index contributed by atoms with van der Waals surface area (Å²) in [5.74, 6) is -7.59. The van der Waals surface area contributed by atoms with E-state index in [1.165, 1.54) is 13.8 Å². The van der Waals surface area contributed by atoms with Gasteiger partial charge in [-0.2, -0.15) is 0 Å². The predicted octanol–water partition coefficient (Wildman–Crippen LogP) is -20.6. The van der Waals surface area contributed by atoms with Crippen LogP contribution in [0, 0.1) is 5.92 Å². The van der Waals surface area contributed by atoms with Gasteiger partial charge in [0.25, 0.3) is 6.47 Å². The first-order valence-electron chi connectivity index (χ1n) is 41.4. The van der Waals surface area contributed by atoms with E-state index in [1.807, 2.05) is 0 Å². The van der Waals surface area contributed by atoms with Crippen molar-refractivity contribution < 1.29 is 257 Å². The van der Waals surface area contributed by atoms with Crippen LogP contribution in [0.5, 0.6) is 0 Å². The van der Waals surface area contributed by atoms with Crippen molar-refractivity contribution in [2.24, 2.45) is 5.92 Å². The lowest BCUT2D eigenvalue weighted by molar-refractivity contribution is -0.448. The number of rotatable bonds is 36. The molecule has 10 saturated heterocycles. The van der Waals surface area contributed by atoms with E-state index in [9.17, 15) is 162 Å². The quantitative estimate of drug-likeness (QED) is 0.0205. The highest BCUT2D eigenvalue weighted by atomic mass is 16.9. The van der Waals surface area contributed by atoms with E-state index in [4.69, 9.17) is 94.7 Å². The van der Waals surface area contributed by atoms with E-state index < -0.39 is 408 Å². The van der Waals surface area contributed by atoms with Crippen molar-refractivity contribution >= 4 is 30.1 Å². The molecule has 0 aromatic carbocycles. The van der Waals surface area contributed by atoms with Gasteiger partial charge in [-0.15, -0.1) is 0 Å². The summed E-state index contributed by atoms with van der Waals surface area (Å²) in [6, 6.07) is -7.17. The standard InChI is InChI=1S/C73H122N4O52/c1-19-25(92)7-73(111-18-87,128-56(19)40(94)26(93)8-78)129-62-44(98)30(12-82)114-70(55(62)109)124-60-34(16-86)119-67(39(49(60)103)77-24(6)91)127-64-52(106)43(97)29(11-81)116-72(64)125-61-45(99)35(120-69(54(61)108)123-59-33(15-85)117-65(37(47(59)101)75-22(4)89)121-57-31(13-83)112-20(2)36(46(57)100)74-21(3)88)17-110-71-63(51(105)42(96)28(10-80)115-71)126-66-38(76-23(5)90)48(102)58(32(14-84)118-66)122-68-53(107)50(104)41(95)27(9-79)113-68/h18-20,25-72,78-86,92-109H,7-17H2,1-6H3,(H,74,88)(H,75,89)(H,76,90)(H,77,91)/t19-,20+,25-,26-,27?,28?,29?,30?,31?,32+,33?,34?,35?,36?,37?,38?,39?,40-,41+,42-,43-,44+,45-,46-,47-,48?,49-,50+,51+,52?,53?,54?,55?,56?,57-,58-,59-,60-,61+,62+,63?,64?,65+,66+,67+,68+,69+,70+,71+,72-,73+/m1/s1. The third kappa shape index (κ3) is 23.7. The molecule has 0 bridgehead atoms. The molecule has 0 aliphatic carbocycles. The monoisotopic (exact) mass is 1890 g/mol. The Morgan fingerprint density at radius 2 is 0.667 bits per heavy atom. The van der Waals surface area contributed by atoms with Gasteiger partial charge in [-0.05, 0) is 6.92 Å². The van der Waals surface area contributed by atoms with Gasteiger partial charge in [0, 0.05) is 33.6 Å². The fourth-order valence-corrected chi connectivity index (χ4v) is 17.0. The molecule has 51 atom stereocenters. The molecule has 129 heavy (non-hydrogen) atoms. The summed E-state index contributed by atoms with van der Waals surface area (Å²) in [5.41, 5.74) is 0. The minimum atomic E-state index is -2.90. The number of amides is 4. The van der Waals surface area contributed by atoms with E-state index in [1.54, 1.807) is 0 Å². The summed E-state index contributed by atoms with van der Waals surface area (Å²) in [6.45, 7) is -4.84. The molecule has 31 N–H and O–H groups in total. The largest absolute Gasteiger partial charge is 0.410 e. The fourth-order valence-electron chi connectivity index (χ4n) is 17.0. The van der Waals surface area contributed by atoms with Crippen LogP contribution < -0.4 is 21.3 Å². The van der Waals surface area contributed by atoms with Gasteiger partial charge in [0.1, 0.15) is 226 Å². The zero-order valence-corrected chi connectivity index (χ0v) is 70.0. The Kier molecular flexibility index (Phi) is 38.5. The second-order valence-electron chi connectivity index (χ2n) is 32.9.